The number of halogens is 1. The van der Waals surface area contributed by atoms with Gasteiger partial charge < -0.3 is 24.6 Å². The van der Waals surface area contributed by atoms with Crippen LogP contribution in [0.5, 0.6) is 11.5 Å². The maximum absolute atomic E-state index is 13.2. The first kappa shape index (κ1) is 23.9. The minimum Gasteiger partial charge on any atom is -0.493 e. The van der Waals surface area contributed by atoms with E-state index in [0.717, 1.165) is 28.4 Å². The van der Waals surface area contributed by atoms with Crippen LogP contribution in [0.3, 0.4) is 0 Å². The number of para-hydroxylation sites is 1. The normalized spacial score (nSPS) is 15.0. The summed E-state index contributed by atoms with van der Waals surface area (Å²) >= 11 is 3.44. The number of fused-ring (bicyclic) bond motifs is 1. The van der Waals surface area contributed by atoms with Crippen LogP contribution in [0.2, 0.25) is 0 Å². The molecule has 8 heteroatoms. The predicted molar refractivity (Wildman–Crippen MR) is 128 cm³/mol. The van der Waals surface area contributed by atoms with E-state index in [-0.39, 0.29) is 24.5 Å². The zero-order chi connectivity index (χ0) is 23.3. The Labute approximate surface area is 197 Å². The van der Waals surface area contributed by atoms with Gasteiger partial charge in [-0.25, -0.2) is 4.79 Å². The number of benzene rings is 2. The molecular formula is C24H30BrN3O4. The van der Waals surface area contributed by atoms with Crippen molar-refractivity contribution in [1.29, 1.82) is 0 Å². The number of carbonyl (C=O) groups is 2. The van der Waals surface area contributed by atoms with Crippen LogP contribution in [0, 0.1) is 0 Å². The smallest absolute Gasteiger partial charge is 0.322 e. The van der Waals surface area contributed by atoms with E-state index in [0.29, 0.717) is 30.3 Å². The Morgan fingerprint density at radius 1 is 1.19 bits per heavy atom. The van der Waals surface area contributed by atoms with Gasteiger partial charge in [-0.3, -0.25) is 4.79 Å². The quantitative estimate of drug-likeness (QED) is 0.585. The van der Waals surface area contributed by atoms with Gasteiger partial charge in [0.1, 0.15) is 6.54 Å². The minimum atomic E-state index is -0.288. The molecule has 1 aliphatic rings. The third-order valence-corrected chi connectivity index (χ3v) is 6.42. The van der Waals surface area contributed by atoms with E-state index in [2.05, 4.69) is 21.2 Å². The lowest BCUT2D eigenvalue weighted by atomic mass is 9.92. The molecule has 1 N–H and O–H groups in total. The van der Waals surface area contributed by atoms with E-state index in [4.69, 9.17) is 9.47 Å². The molecule has 0 aromatic heterocycles. The lowest BCUT2D eigenvalue weighted by molar-refractivity contribution is -0.134. The maximum atomic E-state index is 13.2. The molecule has 3 rings (SSSR count). The summed E-state index contributed by atoms with van der Waals surface area (Å²) in [4.78, 5) is 29.5. The highest BCUT2D eigenvalue weighted by molar-refractivity contribution is 9.10. The van der Waals surface area contributed by atoms with Crippen molar-refractivity contribution >= 4 is 33.6 Å². The zero-order valence-corrected chi connectivity index (χ0v) is 20.6. The molecule has 1 unspecified atom stereocenters. The molecule has 0 saturated heterocycles. The van der Waals surface area contributed by atoms with Gasteiger partial charge in [-0.05, 0) is 71.1 Å². The van der Waals surface area contributed by atoms with Gasteiger partial charge in [0.05, 0.1) is 25.9 Å². The molecule has 0 spiro atoms. The van der Waals surface area contributed by atoms with Crippen LogP contribution in [0.15, 0.2) is 40.9 Å². The molecule has 0 bridgehead atoms. The van der Waals surface area contributed by atoms with Gasteiger partial charge in [0, 0.05) is 17.6 Å². The number of hydrogen-bond donors (Lipinski definition) is 1. The lowest BCUT2D eigenvalue weighted by Crippen LogP contribution is -2.47. The van der Waals surface area contributed by atoms with Gasteiger partial charge in [-0.1, -0.05) is 19.1 Å². The highest BCUT2D eigenvalue weighted by atomic mass is 79.9. The standard InChI is InChI=1S/C24H30BrN3O4/c1-5-11-27(24(30)26-20-9-7-6-8-19(20)25)15-23(29)28-12-10-17-13-21(31-3)22(32-4)14-18(17)16(28)2/h6-9,13-14,16H,5,10-12,15H2,1-4H3,(H,26,30). The van der Waals surface area contributed by atoms with Crippen LogP contribution in [0.1, 0.15) is 37.4 Å². The average molecular weight is 504 g/mol. The number of urea groups is 1. The van der Waals surface area contributed by atoms with Gasteiger partial charge in [-0.15, -0.1) is 0 Å². The summed E-state index contributed by atoms with van der Waals surface area (Å²) in [5, 5.41) is 2.90. The highest BCUT2D eigenvalue weighted by Gasteiger charge is 2.30. The fraction of sp³-hybridized carbons (Fsp3) is 0.417. The average Bonchev–Trinajstić information content (AvgIpc) is 2.79. The number of methoxy groups -OCH3 is 2. The molecular weight excluding hydrogens is 474 g/mol. The Balaban J connectivity index is 1.74. The SMILES string of the molecule is CCCN(CC(=O)N1CCc2cc(OC)c(OC)cc2C1C)C(=O)Nc1ccccc1Br. The van der Waals surface area contributed by atoms with Crippen molar-refractivity contribution in [3.8, 4) is 11.5 Å². The third kappa shape index (κ3) is 5.18. The van der Waals surface area contributed by atoms with Crippen molar-refractivity contribution in [2.45, 2.75) is 32.7 Å². The number of rotatable bonds is 7. The maximum Gasteiger partial charge on any atom is 0.322 e. The number of amides is 3. The molecule has 0 fully saturated rings. The van der Waals surface area contributed by atoms with E-state index in [1.54, 1.807) is 19.1 Å². The third-order valence-electron chi connectivity index (χ3n) is 5.73. The van der Waals surface area contributed by atoms with Gasteiger partial charge >= 0.3 is 6.03 Å². The molecule has 0 aliphatic carbocycles. The minimum absolute atomic E-state index is 0.0249. The molecule has 1 aliphatic heterocycles. The topological polar surface area (TPSA) is 71.1 Å². The Kier molecular flexibility index (Phi) is 8.01. The van der Waals surface area contributed by atoms with Crippen LogP contribution in [0.25, 0.3) is 0 Å². The Bertz CT molecular complexity index is 982. The first-order chi connectivity index (χ1) is 15.4. The van der Waals surface area contributed by atoms with Crippen molar-refractivity contribution in [1.82, 2.24) is 9.80 Å². The van der Waals surface area contributed by atoms with Crippen LogP contribution in [-0.4, -0.2) is 55.6 Å². The molecule has 1 atom stereocenters. The van der Waals surface area contributed by atoms with E-state index in [9.17, 15) is 9.59 Å². The van der Waals surface area contributed by atoms with E-state index < -0.39 is 0 Å². The number of nitrogens with one attached hydrogen (secondary N) is 1. The monoisotopic (exact) mass is 503 g/mol. The van der Waals surface area contributed by atoms with Gasteiger partial charge in [-0.2, -0.15) is 0 Å². The summed E-state index contributed by atoms with van der Waals surface area (Å²) in [6, 6.07) is 10.9. The van der Waals surface area contributed by atoms with Crippen LogP contribution in [0.4, 0.5) is 10.5 Å². The second-order valence-electron chi connectivity index (χ2n) is 7.75. The summed E-state index contributed by atoms with van der Waals surface area (Å²) < 4.78 is 11.7. The molecule has 2 aromatic rings. The fourth-order valence-corrected chi connectivity index (χ4v) is 4.40. The first-order valence-electron chi connectivity index (χ1n) is 10.7. The zero-order valence-electron chi connectivity index (χ0n) is 19.0. The molecule has 3 amide bonds. The molecule has 0 radical (unpaired) electrons. The first-order valence-corrected chi connectivity index (χ1v) is 11.5. The summed E-state index contributed by atoms with van der Waals surface area (Å²) in [6.45, 7) is 5.10. The molecule has 0 saturated carbocycles. The van der Waals surface area contributed by atoms with E-state index >= 15 is 0 Å². The van der Waals surface area contributed by atoms with Crippen molar-refractivity contribution in [2.24, 2.45) is 0 Å². The number of anilines is 1. The van der Waals surface area contributed by atoms with Crippen LogP contribution >= 0.6 is 15.9 Å². The van der Waals surface area contributed by atoms with Crippen molar-refractivity contribution < 1.29 is 19.1 Å². The van der Waals surface area contributed by atoms with Crippen LogP contribution in [-0.2, 0) is 11.2 Å². The second kappa shape index (κ2) is 10.7. The molecule has 2 aromatic carbocycles. The lowest BCUT2D eigenvalue weighted by Gasteiger charge is -2.37. The van der Waals surface area contributed by atoms with Gasteiger partial charge in [0.15, 0.2) is 11.5 Å². The second-order valence-corrected chi connectivity index (χ2v) is 8.61. The summed E-state index contributed by atoms with van der Waals surface area (Å²) in [6.07, 6.45) is 1.48. The predicted octanol–water partition coefficient (Wildman–Crippen LogP) is 4.86. The van der Waals surface area contributed by atoms with Crippen molar-refractivity contribution in [3.63, 3.8) is 0 Å². The highest BCUT2D eigenvalue weighted by Crippen LogP contribution is 2.38. The largest absolute Gasteiger partial charge is 0.493 e. The number of nitrogens with zero attached hydrogens (tertiary/aromatic N) is 2. The molecule has 32 heavy (non-hydrogen) atoms. The van der Waals surface area contributed by atoms with E-state index in [1.807, 2.05) is 55.1 Å². The Hall–Kier alpha value is -2.74. The van der Waals surface area contributed by atoms with Gasteiger partial charge in [0.25, 0.3) is 0 Å². The van der Waals surface area contributed by atoms with Crippen molar-refractivity contribution in [2.75, 3.05) is 39.2 Å². The molecule has 7 nitrogen and oxygen atoms in total. The summed E-state index contributed by atoms with van der Waals surface area (Å²) in [5.41, 5.74) is 2.87. The Morgan fingerprint density at radius 3 is 2.53 bits per heavy atom. The Morgan fingerprint density at radius 2 is 1.88 bits per heavy atom. The number of hydrogen-bond acceptors (Lipinski definition) is 4. The van der Waals surface area contributed by atoms with E-state index in [1.165, 1.54) is 0 Å². The van der Waals surface area contributed by atoms with Crippen LogP contribution < -0.4 is 14.8 Å². The molecule has 1 heterocycles. The van der Waals surface area contributed by atoms with Gasteiger partial charge in [0.2, 0.25) is 5.91 Å². The number of carbonyl (C=O) groups excluding carboxylic acids is 2. The fourth-order valence-electron chi connectivity index (χ4n) is 4.02. The summed E-state index contributed by atoms with van der Waals surface area (Å²) in [7, 11) is 3.22. The number of ether oxygens (including phenoxy) is 2. The van der Waals surface area contributed by atoms with Crippen molar-refractivity contribution in [3.05, 3.63) is 52.0 Å². The summed E-state index contributed by atoms with van der Waals surface area (Å²) in [5.74, 6) is 1.26. The molecule has 172 valence electrons.